The molecule has 0 aliphatic carbocycles. The topological polar surface area (TPSA) is 80.4 Å². The molecule has 0 bridgehead atoms. The number of nitro benzene ring substituents is 1. The minimum Gasteiger partial charge on any atom is -0.502 e. The third kappa shape index (κ3) is 2.12. The summed E-state index contributed by atoms with van der Waals surface area (Å²) in [6.07, 6.45) is 0.203. The predicted octanol–water partition coefficient (Wildman–Crippen LogP) is 2.20. The van der Waals surface area contributed by atoms with Crippen LogP contribution in [-0.4, -0.2) is 15.8 Å². The fourth-order valence-electron chi connectivity index (χ4n) is 1.30. The average Bonchev–Trinajstić information content (AvgIpc) is 2.19. The summed E-state index contributed by atoms with van der Waals surface area (Å²) in [6, 6.07) is 2.69. The molecule has 0 saturated carbocycles. The Morgan fingerprint density at radius 1 is 1.53 bits per heavy atom. The lowest BCUT2D eigenvalue weighted by atomic mass is 10.0. The van der Waals surface area contributed by atoms with E-state index in [0.717, 1.165) is 0 Å². The Bertz CT molecular complexity index is 426. The molecule has 1 rings (SSSR count). The maximum Gasteiger partial charge on any atom is 0.311 e. The van der Waals surface area contributed by atoms with Gasteiger partial charge in [0.05, 0.1) is 10.5 Å². The predicted molar refractivity (Wildman–Crippen MR) is 54.1 cm³/mol. The van der Waals surface area contributed by atoms with Gasteiger partial charge in [-0.25, -0.2) is 0 Å². The molecule has 0 spiro atoms. The third-order valence-corrected chi connectivity index (χ3v) is 2.05. The summed E-state index contributed by atoms with van der Waals surface area (Å²) >= 11 is 0. The molecule has 80 valence electrons. The van der Waals surface area contributed by atoms with E-state index in [1.165, 1.54) is 12.1 Å². The summed E-state index contributed by atoms with van der Waals surface area (Å²) in [5.41, 5.74) is 0.173. The number of aromatic hydroxyl groups is 1. The minimum absolute atomic E-state index is 0.0178. The van der Waals surface area contributed by atoms with Crippen LogP contribution in [0.2, 0.25) is 0 Å². The van der Waals surface area contributed by atoms with Gasteiger partial charge < -0.3 is 5.11 Å². The maximum atomic E-state index is 11.4. The van der Waals surface area contributed by atoms with E-state index in [1.54, 1.807) is 13.8 Å². The molecular weight excluding hydrogens is 198 g/mol. The van der Waals surface area contributed by atoms with Crippen LogP contribution in [0.5, 0.6) is 5.75 Å². The van der Waals surface area contributed by atoms with E-state index in [-0.39, 0.29) is 17.8 Å². The summed E-state index contributed by atoms with van der Waals surface area (Å²) in [5, 5.41) is 20.1. The van der Waals surface area contributed by atoms with Gasteiger partial charge in [-0.15, -0.1) is 0 Å². The molecule has 0 aromatic heterocycles. The highest BCUT2D eigenvalue weighted by atomic mass is 16.6. The van der Waals surface area contributed by atoms with Crippen molar-refractivity contribution in [3.8, 4) is 5.75 Å². The van der Waals surface area contributed by atoms with Crippen LogP contribution < -0.4 is 0 Å². The van der Waals surface area contributed by atoms with Gasteiger partial charge in [0, 0.05) is 12.5 Å². The molecule has 5 heteroatoms. The molecule has 0 fully saturated rings. The molecule has 1 aromatic rings. The van der Waals surface area contributed by atoms with Gasteiger partial charge in [-0.3, -0.25) is 14.9 Å². The van der Waals surface area contributed by atoms with Gasteiger partial charge in [0.1, 0.15) is 0 Å². The van der Waals surface area contributed by atoms with Gasteiger partial charge in [-0.05, 0) is 18.6 Å². The second-order valence-corrected chi connectivity index (χ2v) is 3.21. The van der Waals surface area contributed by atoms with Crippen molar-refractivity contribution in [2.75, 3.05) is 0 Å². The van der Waals surface area contributed by atoms with Crippen LogP contribution in [0, 0.1) is 17.0 Å². The van der Waals surface area contributed by atoms with Crippen LogP contribution in [0.1, 0.15) is 29.3 Å². The number of ketones is 1. The number of phenols is 1. The lowest BCUT2D eigenvalue weighted by Crippen LogP contribution is -2.00. The van der Waals surface area contributed by atoms with Crippen molar-refractivity contribution in [2.24, 2.45) is 0 Å². The second kappa shape index (κ2) is 4.08. The molecule has 0 radical (unpaired) electrons. The Morgan fingerprint density at radius 3 is 2.60 bits per heavy atom. The summed E-state index contributed by atoms with van der Waals surface area (Å²) in [5.74, 6) is -0.850. The van der Waals surface area contributed by atoms with Gasteiger partial charge in [0.2, 0.25) is 5.75 Å². The molecule has 0 heterocycles. The number of carbonyl (C=O) groups excluding carboxylic acids is 1. The van der Waals surface area contributed by atoms with E-state index >= 15 is 0 Å². The largest absolute Gasteiger partial charge is 0.502 e. The number of benzene rings is 1. The van der Waals surface area contributed by atoms with Crippen molar-refractivity contribution in [1.29, 1.82) is 0 Å². The molecule has 5 nitrogen and oxygen atoms in total. The smallest absolute Gasteiger partial charge is 0.311 e. The molecule has 1 aromatic carbocycles. The molecule has 0 amide bonds. The number of Topliss-reactive ketones (excluding diaryl/α,β-unsaturated/α-hetero) is 1. The highest BCUT2D eigenvalue weighted by Gasteiger charge is 2.21. The number of hydrogen-bond donors (Lipinski definition) is 1. The zero-order valence-electron chi connectivity index (χ0n) is 8.48. The Balaban J connectivity index is 3.41. The van der Waals surface area contributed by atoms with Crippen LogP contribution in [0.25, 0.3) is 0 Å². The summed E-state index contributed by atoms with van der Waals surface area (Å²) in [4.78, 5) is 21.3. The van der Waals surface area contributed by atoms with E-state index in [0.29, 0.717) is 5.56 Å². The highest BCUT2D eigenvalue weighted by molar-refractivity contribution is 5.99. The van der Waals surface area contributed by atoms with Crippen LogP contribution in [0.15, 0.2) is 12.1 Å². The first-order chi connectivity index (χ1) is 6.97. The zero-order chi connectivity index (χ0) is 11.6. The van der Waals surface area contributed by atoms with Gasteiger partial charge in [-0.1, -0.05) is 6.92 Å². The van der Waals surface area contributed by atoms with E-state index in [1.807, 2.05) is 0 Å². The Labute approximate surface area is 86.5 Å². The molecule has 15 heavy (non-hydrogen) atoms. The van der Waals surface area contributed by atoms with Crippen molar-refractivity contribution in [1.82, 2.24) is 0 Å². The van der Waals surface area contributed by atoms with Gasteiger partial charge in [-0.2, -0.15) is 0 Å². The van der Waals surface area contributed by atoms with Gasteiger partial charge in [0.25, 0.3) is 0 Å². The van der Waals surface area contributed by atoms with Crippen LogP contribution in [-0.2, 0) is 0 Å². The lowest BCUT2D eigenvalue weighted by Gasteiger charge is -2.04. The SMILES string of the molecule is CCC(=O)c1cc(C)cc([N+](=O)[O-])c1O. The number of carbonyl (C=O) groups is 1. The lowest BCUT2D eigenvalue weighted by molar-refractivity contribution is -0.385. The summed E-state index contributed by atoms with van der Waals surface area (Å²) in [7, 11) is 0. The Hall–Kier alpha value is -1.91. The molecule has 0 aliphatic heterocycles. The minimum atomic E-state index is -0.700. The molecule has 0 saturated heterocycles. The monoisotopic (exact) mass is 209 g/mol. The Kier molecular flexibility index (Phi) is 3.04. The molecule has 0 unspecified atom stereocenters. The quantitative estimate of drug-likeness (QED) is 0.470. The first-order valence-electron chi connectivity index (χ1n) is 4.48. The maximum absolute atomic E-state index is 11.4. The van der Waals surface area contributed by atoms with Crippen LogP contribution in [0.3, 0.4) is 0 Å². The van der Waals surface area contributed by atoms with Crippen molar-refractivity contribution >= 4 is 11.5 Å². The number of nitro groups is 1. The van der Waals surface area contributed by atoms with Crippen molar-refractivity contribution < 1.29 is 14.8 Å². The third-order valence-electron chi connectivity index (χ3n) is 2.05. The average molecular weight is 209 g/mol. The Morgan fingerprint density at radius 2 is 2.13 bits per heavy atom. The first kappa shape index (κ1) is 11.2. The van der Waals surface area contributed by atoms with E-state index in [9.17, 15) is 20.0 Å². The van der Waals surface area contributed by atoms with E-state index < -0.39 is 16.4 Å². The van der Waals surface area contributed by atoms with Crippen molar-refractivity contribution in [2.45, 2.75) is 20.3 Å². The fraction of sp³-hybridized carbons (Fsp3) is 0.300. The zero-order valence-corrected chi connectivity index (χ0v) is 8.48. The van der Waals surface area contributed by atoms with Crippen LogP contribution in [0.4, 0.5) is 5.69 Å². The number of aryl methyl sites for hydroxylation is 1. The number of hydrogen-bond acceptors (Lipinski definition) is 4. The van der Waals surface area contributed by atoms with Crippen molar-refractivity contribution in [3.05, 3.63) is 33.4 Å². The summed E-state index contributed by atoms with van der Waals surface area (Å²) < 4.78 is 0. The van der Waals surface area contributed by atoms with E-state index in [2.05, 4.69) is 0 Å². The second-order valence-electron chi connectivity index (χ2n) is 3.21. The number of rotatable bonds is 3. The van der Waals surface area contributed by atoms with Gasteiger partial charge in [0.15, 0.2) is 5.78 Å². The molecule has 1 N–H and O–H groups in total. The standard InChI is InChI=1S/C10H11NO4/c1-3-9(12)7-4-6(2)5-8(10(7)13)11(14)15/h4-5,13H,3H2,1-2H3. The van der Waals surface area contributed by atoms with Crippen molar-refractivity contribution in [3.63, 3.8) is 0 Å². The number of phenolic OH excluding ortho intramolecular Hbond substituents is 1. The highest BCUT2D eigenvalue weighted by Crippen LogP contribution is 2.31. The summed E-state index contributed by atoms with van der Waals surface area (Å²) in [6.45, 7) is 3.27. The normalized spacial score (nSPS) is 10.0. The van der Waals surface area contributed by atoms with Gasteiger partial charge >= 0.3 is 5.69 Å². The van der Waals surface area contributed by atoms with Crippen LogP contribution >= 0.6 is 0 Å². The molecule has 0 atom stereocenters. The first-order valence-corrected chi connectivity index (χ1v) is 4.48. The molecular formula is C10H11NO4. The fourth-order valence-corrected chi connectivity index (χ4v) is 1.30. The van der Waals surface area contributed by atoms with E-state index in [4.69, 9.17) is 0 Å². The molecule has 0 aliphatic rings. The number of nitrogens with zero attached hydrogens (tertiary/aromatic N) is 1.